The number of carbonyl (C=O) groups is 1. The fraction of sp³-hybridized carbons (Fsp3) is 0.360. The molecular formula is C25H30N4O3S. The first-order chi connectivity index (χ1) is 15.8. The van der Waals surface area contributed by atoms with Crippen molar-refractivity contribution in [1.29, 1.82) is 0 Å². The summed E-state index contributed by atoms with van der Waals surface area (Å²) < 4.78 is 29.5. The van der Waals surface area contributed by atoms with Gasteiger partial charge in [-0.15, -0.1) is 0 Å². The van der Waals surface area contributed by atoms with E-state index >= 15 is 0 Å². The lowest BCUT2D eigenvalue weighted by Gasteiger charge is -2.22. The smallest absolute Gasteiger partial charge is 0.257 e. The molecule has 7 nitrogen and oxygen atoms in total. The maximum Gasteiger partial charge on any atom is 0.257 e. The van der Waals surface area contributed by atoms with Crippen molar-refractivity contribution < 1.29 is 13.2 Å². The summed E-state index contributed by atoms with van der Waals surface area (Å²) in [6.45, 7) is 7.84. The Hall–Kier alpha value is -2.97. The molecule has 1 aliphatic heterocycles. The largest absolute Gasteiger partial charge is 0.337 e. The van der Waals surface area contributed by atoms with Crippen LogP contribution in [0.4, 0.5) is 0 Å². The zero-order chi connectivity index (χ0) is 23.6. The van der Waals surface area contributed by atoms with Crippen LogP contribution in [-0.2, 0) is 16.6 Å². The average molecular weight is 467 g/mol. The maximum atomic E-state index is 13.4. The van der Waals surface area contributed by atoms with Gasteiger partial charge in [-0.2, -0.15) is 9.40 Å². The van der Waals surface area contributed by atoms with Crippen molar-refractivity contribution in [3.05, 3.63) is 82.7 Å². The molecule has 0 saturated carbocycles. The number of hydrogen-bond acceptors (Lipinski definition) is 4. The lowest BCUT2D eigenvalue weighted by Crippen LogP contribution is -2.37. The van der Waals surface area contributed by atoms with E-state index in [-0.39, 0.29) is 12.5 Å². The minimum Gasteiger partial charge on any atom is -0.337 e. The highest BCUT2D eigenvalue weighted by molar-refractivity contribution is 7.89. The molecule has 0 N–H and O–H groups in total. The fourth-order valence-corrected chi connectivity index (χ4v) is 5.74. The third-order valence-electron chi connectivity index (χ3n) is 6.17. The second-order valence-electron chi connectivity index (χ2n) is 8.55. The topological polar surface area (TPSA) is 75.5 Å². The lowest BCUT2D eigenvalue weighted by molar-refractivity contribution is 0.0762. The maximum absolute atomic E-state index is 13.4. The summed E-state index contributed by atoms with van der Waals surface area (Å²) in [6.07, 6.45) is 0.590. The van der Waals surface area contributed by atoms with E-state index in [2.05, 4.69) is 5.10 Å². The Kier molecular flexibility index (Phi) is 6.67. The van der Waals surface area contributed by atoms with Crippen LogP contribution in [0.25, 0.3) is 0 Å². The van der Waals surface area contributed by atoms with E-state index in [1.165, 1.54) is 4.31 Å². The lowest BCUT2D eigenvalue weighted by atomic mass is 10.1. The first-order valence-corrected chi connectivity index (χ1v) is 12.7. The second kappa shape index (κ2) is 9.49. The number of benzene rings is 2. The molecule has 2 aromatic carbocycles. The number of sulfonamides is 1. The van der Waals surface area contributed by atoms with Crippen molar-refractivity contribution in [3.63, 3.8) is 0 Å². The normalized spacial score (nSPS) is 15.4. The van der Waals surface area contributed by atoms with Crippen molar-refractivity contribution in [2.45, 2.75) is 38.6 Å². The molecule has 0 atom stereocenters. The van der Waals surface area contributed by atoms with Crippen molar-refractivity contribution in [1.82, 2.24) is 19.0 Å². The molecule has 0 unspecified atom stereocenters. The Balaban J connectivity index is 1.49. The van der Waals surface area contributed by atoms with Gasteiger partial charge in [0.05, 0.1) is 22.7 Å². The number of amides is 1. The Labute approximate surface area is 195 Å². The van der Waals surface area contributed by atoms with Crippen molar-refractivity contribution >= 4 is 15.9 Å². The van der Waals surface area contributed by atoms with Crippen LogP contribution in [0.15, 0.2) is 59.5 Å². The molecule has 0 aliphatic carbocycles. The van der Waals surface area contributed by atoms with Gasteiger partial charge in [-0.25, -0.2) is 8.42 Å². The highest BCUT2D eigenvalue weighted by atomic mass is 32.2. The van der Waals surface area contributed by atoms with E-state index in [1.807, 2.05) is 55.8 Å². The molecule has 0 bridgehead atoms. The molecule has 2 heterocycles. The molecular weight excluding hydrogens is 436 g/mol. The molecule has 1 amide bonds. The highest BCUT2D eigenvalue weighted by Crippen LogP contribution is 2.21. The van der Waals surface area contributed by atoms with E-state index in [0.29, 0.717) is 48.8 Å². The molecule has 1 aliphatic rings. The summed E-state index contributed by atoms with van der Waals surface area (Å²) in [5.74, 6) is -0.0844. The minimum absolute atomic E-state index is 0.0844. The van der Waals surface area contributed by atoms with Gasteiger partial charge in [0.1, 0.15) is 0 Å². The molecule has 0 radical (unpaired) electrons. The van der Waals surface area contributed by atoms with Crippen molar-refractivity contribution in [2.75, 3.05) is 26.2 Å². The summed E-state index contributed by atoms with van der Waals surface area (Å²) in [5.41, 5.74) is 4.27. The van der Waals surface area contributed by atoms with E-state index in [0.717, 1.165) is 16.8 Å². The molecule has 1 aromatic heterocycles. The Morgan fingerprint density at radius 3 is 2.30 bits per heavy atom. The van der Waals surface area contributed by atoms with Gasteiger partial charge in [-0.05, 0) is 44.9 Å². The molecule has 174 valence electrons. The Morgan fingerprint density at radius 2 is 1.61 bits per heavy atom. The Morgan fingerprint density at radius 1 is 0.909 bits per heavy atom. The minimum atomic E-state index is -3.58. The molecule has 0 spiro atoms. The van der Waals surface area contributed by atoms with Gasteiger partial charge >= 0.3 is 0 Å². The van der Waals surface area contributed by atoms with Gasteiger partial charge in [-0.3, -0.25) is 9.48 Å². The third kappa shape index (κ3) is 4.86. The predicted molar refractivity (Wildman–Crippen MR) is 128 cm³/mol. The standard InChI is InChI=1S/C25H30N4O3S/c1-19-10-12-23(13-11-19)33(31,32)28-15-7-14-27(16-17-28)25(30)24-20(2)26-29(21(24)3)18-22-8-5-4-6-9-22/h4-6,8-13H,7,14-18H2,1-3H3. The zero-order valence-electron chi connectivity index (χ0n) is 19.4. The molecule has 1 fully saturated rings. The van der Waals surface area contributed by atoms with E-state index in [1.54, 1.807) is 29.2 Å². The van der Waals surface area contributed by atoms with Gasteiger partial charge in [0.25, 0.3) is 5.91 Å². The average Bonchev–Trinajstić information content (AvgIpc) is 2.97. The first kappa shape index (κ1) is 23.2. The van der Waals surface area contributed by atoms with E-state index < -0.39 is 10.0 Å². The van der Waals surface area contributed by atoms with Crippen molar-refractivity contribution in [2.24, 2.45) is 0 Å². The van der Waals surface area contributed by atoms with Crippen LogP contribution in [0, 0.1) is 20.8 Å². The summed E-state index contributed by atoms with van der Waals surface area (Å²) >= 11 is 0. The Bertz CT molecular complexity index is 1230. The second-order valence-corrected chi connectivity index (χ2v) is 10.5. The molecule has 8 heteroatoms. The van der Waals surface area contributed by atoms with Crippen LogP contribution in [-0.4, -0.2) is 59.5 Å². The summed E-state index contributed by atoms with van der Waals surface area (Å²) in [4.78, 5) is 15.5. The number of carbonyl (C=O) groups excluding carboxylic acids is 1. The quantitative estimate of drug-likeness (QED) is 0.578. The van der Waals surface area contributed by atoms with Crippen LogP contribution in [0.3, 0.4) is 0 Å². The van der Waals surface area contributed by atoms with Crippen LogP contribution in [0.5, 0.6) is 0 Å². The molecule has 3 aromatic rings. The number of aryl methyl sites for hydroxylation is 2. The van der Waals surface area contributed by atoms with E-state index in [9.17, 15) is 13.2 Å². The zero-order valence-corrected chi connectivity index (χ0v) is 20.2. The van der Waals surface area contributed by atoms with Crippen LogP contribution in [0.1, 0.15) is 39.3 Å². The summed E-state index contributed by atoms with van der Waals surface area (Å²) in [6, 6.07) is 16.9. The van der Waals surface area contributed by atoms with Gasteiger partial charge in [0.2, 0.25) is 10.0 Å². The molecule has 33 heavy (non-hydrogen) atoms. The first-order valence-electron chi connectivity index (χ1n) is 11.2. The number of aromatic nitrogens is 2. The number of hydrogen-bond donors (Lipinski definition) is 0. The van der Waals surface area contributed by atoms with Gasteiger partial charge in [-0.1, -0.05) is 48.0 Å². The van der Waals surface area contributed by atoms with Crippen LogP contribution < -0.4 is 0 Å². The van der Waals surface area contributed by atoms with Crippen LogP contribution in [0.2, 0.25) is 0 Å². The fourth-order valence-electron chi connectivity index (χ4n) is 4.27. The predicted octanol–water partition coefficient (Wildman–Crippen LogP) is 3.39. The number of nitrogens with zero attached hydrogens (tertiary/aromatic N) is 4. The summed E-state index contributed by atoms with van der Waals surface area (Å²) in [7, 11) is -3.58. The highest BCUT2D eigenvalue weighted by Gasteiger charge is 2.30. The SMILES string of the molecule is Cc1ccc(S(=O)(=O)N2CCCN(C(=O)c3c(C)nn(Cc4ccccc4)c3C)CC2)cc1. The van der Waals surface area contributed by atoms with Crippen molar-refractivity contribution in [3.8, 4) is 0 Å². The van der Waals surface area contributed by atoms with Gasteiger partial charge in [0, 0.05) is 31.9 Å². The monoisotopic (exact) mass is 466 g/mol. The van der Waals surface area contributed by atoms with Crippen LogP contribution >= 0.6 is 0 Å². The van der Waals surface area contributed by atoms with Gasteiger partial charge < -0.3 is 4.90 Å². The molecule has 1 saturated heterocycles. The number of rotatable bonds is 5. The molecule has 4 rings (SSSR count). The summed E-state index contributed by atoms with van der Waals surface area (Å²) in [5, 5.41) is 4.61. The third-order valence-corrected chi connectivity index (χ3v) is 8.08. The van der Waals surface area contributed by atoms with E-state index in [4.69, 9.17) is 0 Å². The van der Waals surface area contributed by atoms with Gasteiger partial charge in [0.15, 0.2) is 0 Å².